The molecule has 1 saturated heterocycles. The van der Waals surface area contributed by atoms with E-state index in [9.17, 15) is 4.79 Å². The Morgan fingerprint density at radius 1 is 1.71 bits per heavy atom. The fraction of sp³-hybridized carbons (Fsp3) is 0.500. The molecule has 2 N–H and O–H groups in total. The second-order valence-corrected chi connectivity index (χ2v) is 4.41. The van der Waals surface area contributed by atoms with Crippen LogP contribution in [0, 0.1) is 11.3 Å². The zero-order valence-corrected chi connectivity index (χ0v) is 10.4. The Labute approximate surface area is 101 Å². The smallest absolute Gasteiger partial charge is 0.259 e. The average molecular weight is 235 g/mol. The lowest BCUT2D eigenvalue weighted by Crippen LogP contribution is -2.39. The van der Waals surface area contributed by atoms with E-state index < -0.39 is 5.91 Å². The lowest BCUT2D eigenvalue weighted by Gasteiger charge is -2.28. The van der Waals surface area contributed by atoms with Crippen molar-refractivity contribution in [1.82, 2.24) is 4.90 Å². The van der Waals surface area contributed by atoms with Crippen LogP contribution in [0.3, 0.4) is 0 Å². The Balaban J connectivity index is 2.95. The topological polar surface area (TPSA) is 79.4 Å². The number of ether oxygens (including phenoxy) is 1. The number of likely N-dealkylation sites (N-methyl/N-ethyl adjacent to an activating group) is 1. The van der Waals surface area contributed by atoms with Gasteiger partial charge in [0.05, 0.1) is 5.54 Å². The van der Waals surface area contributed by atoms with Crippen molar-refractivity contribution in [1.29, 1.82) is 5.26 Å². The van der Waals surface area contributed by atoms with Gasteiger partial charge in [-0.2, -0.15) is 5.26 Å². The maximum absolute atomic E-state index is 10.9. The summed E-state index contributed by atoms with van der Waals surface area (Å²) in [6, 6.07) is 1.75. The van der Waals surface area contributed by atoms with Gasteiger partial charge in [-0.3, -0.25) is 4.79 Å². The van der Waals surface area contributed by atoms with E-state index in [1.54, 1.807) is 12.1 Å². The van der Waals surface area contributed by atoms with Crippen LogP contribution in [0.1, 0.15) is 20.8 Å². The quantitative estimate of drug-likeness (QED) is 0.582. The van der Waals surface area contributed by atoms with Crippen LogP contribution in [0.4, 0.5) is 0 Å². The molecule has 0 atom stereocenters. The van der Waals surface area contributed by atoms with Gasteiger partial charge >= 0.3 is 0 Å². The van der Waals surface area contributed by atoms with Crippen LogP contribution < -0.4 is 5.73 Å². The van der Waals surface area contributed by atoms with E-state index in [4.69, 9.17) is 15.7 Å². The number of hydrogen-bond acceptors (Lipinski definition) is 4. The first-order valence-corrected chi connectivity index (χ1v) is 5.44. The molecule has 0 aliphatic carbocycles. The summed E-state index contributed by atoms with van der Waals surface area (Å²) in [7, 11) is 0. The van der Waals surface area contributed by atoms with Crippen LogP contribution in [0.2, 0.25) is 0 Å². The van der Waals surface area contributed by atoms with Crippen LogP contribution in [-0.2, 0) is 9.53 Å². The summed E-state index contributed by atoms with van der Waals surface area (Å²) >= 11 is 0. The van der Waals surface area contributed by atoms with Crippen LogP contribution in [0.15, 0.2) is 23.6 Å². The summed E-state index contributed by atoms with van der Waals surface area (Å²) in [5, 5.41) is 8.69. The first kappa shape index (κ1) is 13.1. The first-order chi connectivity index (χ1) is 7.92. The summed E-state index contributed by atoms with van der Waals surface area (Å²) < 4.78 is 5.53. The number of carbonyl (C=O) groups excluding carboxylic acids is 1. The van der Waals surface area contributed by atoms with E-state index in [-0.39, 0.29) is 11.1 Å². The molecule has 92 valence electrons. The number of allylic oxidation sites excluding steroid dienone is 2. The molecule has 0 bridgehead atoms. The molecule has 1 heterocycles. The Kier molecular flexibility index (Phi) is 3.79. The van der Waals surface area contributed by atoms with E-state index in [2.05, 4.69) is 18.7 Å². The van der Waals surface area contributed by atoms with Crippen molar-refractivity contribution in [2.45, 2.75) is 26.3 Å². The number of rotatable bonds is 3. The molecule has 0 aromatic heterocycles. The van der Waals surface area contributed by atoms with Gasteiger partial charge in [0, 0.05) is 6.54 Å². The van der Waals surface area contributed by atoms with Crippen LogP contribution in [0.25, 0.3) is 0 Å². The summed E-state index contributed by atoms with van der Waals surface area (Å²) in [5.41, 5.74) is 4.88. The molecule has 0 saturated carbocycles. The fourth-order valence-electron chi connectivity index (χ4n) is 1.76. The molecule has 1 amide bonds. The van der Waals surface area contributed by atoms with Gasteiger partial charge in [-0.15, -0.1) is 0 Å². The maximum Gasteiger partial charge on any atom is 0.259 e. The number of hydrogen-bond donors (Lipinski definition) is 1. The Hall–Kier alpha value is -1.96. The number of nitrogens with zero attached hydrogens (tertiary/aromatic N) is 2. The van der Waals surface area contributed by atoms with Gasteiger partial charge in [0.15, 0.2) is 5.88 Å². The summed E-state index contributed by atoms with van der Waals surface area (Å²) in [6.07, 6.45) is 3.00. The second kappa shape index (κ2) is 4.91. The molecule has 1 rings (SSSR count). The standard InChI is InChI=1S/C12H17N3O2/c1-4-15-10(17-8-12(15,2)3)6-5-9(7-13)11(14)16/h5-6H,4,8H2,1-3H3,(H2,14,16)/b9-5+,10-6-. The highest BCUT2D eigenvalue weighted by molar-refractivity contribution is 5.96. The summed E-state index contributed by atoms with van der Waals surface area (Å²) in [4.78, 5) is 12.9. The molecule has 0 radical (unpaired) electrons. The van der Waals surface area contributed by atoms with Gasteiger partial charge in [-0.1, -0.05) is 0 Å². The molecule has 1 fully saturated rings. The predicted molar refractivity (Wildman–Crippen MR) is 63.4 cm³/mol. The third-order valence-corrected chi connectivity index (χ3v) is 2.66. The normalized spacial score (nSPS) is 21.2. The molecule has 0 aromatic carbocycles. The van der Waals surface area contributed by atoms with Crippen LogP contribution in [0.5, 0.6) is 0 Å². The number of amides is 1. The Bertz CT molecular complexity index is 416. The maximum atomic E-state index is 10.9. The number of nitriles is 1. The van der Waals surface area contributed by atoms with E-state index in [0.717, 1.165) is 6.54 Å². The fourth-order valence-corrected chi connectivity index (χ4v) is 1.76. The van der Waals surface area contributed by atoms with Gasteiger partial charge in [0.25, 0.3) is 5.91 Å². The minimum atomic E-state index is -0.732. The lowest BCUT2D eigenvalue weighted by molar-refractivity contribution is -0.114. The van der Waals surface area contributed by atoms with E-state index in [0.29, 0.717) is 12.5 Å². The van der Waals surface area contributed by atoms with Gasteiger partial charge in [-0.05, 0) is 32.9 Å². The van der Waals surface area contributed by atoms with Crippen molar-refractivity contribution >= 4 is 5.91 Å². The molecule has 1 aliphatic rings. The van der Waals surface area contributed by atoms with E-state index in [1.165, 1.54) is 6.08 Å². The van der Waals surface area contributed by atoms with E-state index >= 15 is 0 Å². The van der Waals surface area contributed by atoms with Crippen molar-refractivity contribution < 1.29 is 9.53 Å². The molecular weight excluding hydrogens is 218 g/mol. The molecular formula is C12H17N3O2. The van der Waals surface area contributed by atoms with Crippen LogP contribution >= 0.6 is 0 Å². The van der Waals surface area contributed by atoms with Gasteiger partial charge < -0.3 is 15.4 Å². The van der Waals surface area contributed by atoms with E-state index in [1.807, 2.05) is 6.92 Å². The number of nitrogens with two attached hydrogens (primary N) is 1. The predicted octanol–water partition coefficient (Wildman–Crippen LogP) is 0.894. The monoisotopic (exact) mass is 235 g/mol. The number of carbonyl (C=O) groups is 1. The zero-order valence-electron chi connectivity index (χ0n) is 10.4. The van der Waals surface area contributed by atoms with Gasteiger partial charge in [0.1, 0.15) is 18.2 Å². The van der Waals surface area contributed by atoms with Crippen molar-refractivity contribution in [2.75, 3.05) is 13.2 Å². The summed E-state index contributed by atoms with van der Waals surface area (Å²) in [6.45, 7) is 7.54. The minimum absolute atomic E-state index is 0.0754. The third kappa shape index (κ3) is 2.78. The molecule has 5 heteroatoms. The first-order valence-electron chi connectivity index (χ1n) is 5.44. The minimum Gasteiger partial charge on any atom is -0.477 e. The van der Waals surface area contributed by atoms with Crippen molar-refractivity contribution in [3.63, 3.8) is 0 Å². The molecule has 17 heavy (non-hydrogen) atoms. The van der Waals surface area contributed by atoms with Crippen molar-refractivity contribution in [3.8, 4) is 6.07 Å². The highest BCUT2D eigenvalue weighted by Gasteiger charge is 2.35. The molecule has 0 aromatic rings. The average Bonchev–Trinajstić information content (AvgIpc) is 2.53. The largest absolute Gasteiger partial charge is 0.477 e. The lowest BCUT2D eigenvalue weighted by atomic mass is 10.1. The van der Waals surface area contributed by atoms with Gasteiger partial charge in [0.2, 0.25) is 0 Å². The number of primary amides is 1. The highest BCUT2D eigenvalue weighted by atomic mass is 16.5. The third-order valence-electron chi connectivity index (χ3n) is 2.66. The molecule has 0 unspecified atom stereocenters. The summed E-state index contributed by atoms with van der Waals surface area (Å²) in [5.74, 6) is -0.0730. The zero-order chi connectivity index (χ0) is 13.1. The van der Waals surface area contributed by atoms with Crippen molar-refractivity contribution in [3.05, 3.63) is 23.6 Å². The second-order valence-electron chi connectivity index (χ2n) is 4.41. The molecule has 0 spiro atoms. The highest BCUT2D eigenvalue weighted by Crippen LogP contribution is 2.28. The SMILES string of the molecule is CCN1/C(=C/C=C(\C#N)C(N)=O)OCC1(C)C. The van der Waals surface area contributed by atoms with Gasteiger partial charge in [-0.25, -0.2) is 0 Å². The molecule has 5 nitrogen and oxygen atoms in total. The van der Waals surface area contributed by atoms with Crippen molar-refractivity contribution in [2.24, 2.45) is 5.73 Å². The molecule has 1 aliphatic heterocycles. The Morgan fingerprint density at radius 3 is 2.82 bits per heavy atom. The van der Waals surface area contributed by atoms with Crippen LogP contribution in [-0.4, -0.2) is 29.5 Å². The Morgan fingerprint density at radius 2 is 2.35 bits per heavy atom.